The molecule has 0 aliphatic carbocycles. The van der Waals surface area contributed by atoms with Crippen molar-refractivity contribution in [1.82, 2.24) is 9.97 Å². The van der Waals surface area contributed by atoms with Crippen LogP contribution in [-0.4, -0.2) is 9.97 Å². The number of para-hydroxylation sites is 2. The molecule has 0 atom stereocenters. The topological polar surface area (TPSA) is 32.3 Å². The zero-order valence-electron chi connectivity index (χ0n) is 32.7. The van der Waals surface area contributed by atoms with Gasteiger partial charge in [-0.3, -0.25) is 9.97 Å². The van der Waals surface area contributed by atoms with E-state index in [9.17, 15) is 0 Å². The zero-order chi connectivity index (χ0) is 39.8. The quantitative estimate of drug-likeness (QED) is 0.144. The van der Waals surface area contributed by atoms with E-state index in [2.05, 4.69) is 214 Å². The van der Waals surface area contributed by atoms with Gasteiger partial charge in [0.15, 0.2) is 0 Å². The number of fused-ring (bicyclic) bond motifs is 8. The number of hydrogen-bond donors (Lipinski definition) is 0. The van der Waals surface area contributed by atoms with Crippen LogP contribution in [-0.2, 0) is 0 Å². The Labute approximate surface area is 348 Å². The van der Waals surface area contributed by atoms with Crippen LogP contribution < -0.4 is 9.80 Å². The Balaban J connectivity index is 1.10. The first-order valence-corrected chi connectivity index (χ1v) is 20.3. The van der Waals surface area contributed by atoms with Crippen molar-refractivity contribution in [2.24, 2.45) is 0 Å². The van der Waals surface area contributed by atoms with E-state index in [1.165, 1.54) is 54.2 Å². The van der Waals surface area contributed by atoms with E-state index < -0.39 is 0 Å². The molecule has 0 saturated heterocycles. The number of hydrogen-bond acceptors (Lipinski definition) is 4. The lowest BCUT2D eigenvalue weighted by Crippen LogP contribution is -2.11. The lowest BCUT2D eigenvalue weighted by Gasteiger charge is -2.28. The van der Waals surface area contributed by atoms with Gasteiger partial charge in [-0.25, -0.2) is 0 Å². The first-order chi connectivity index (χ1) is 29.8. The maximum atomic E-state index is 4.56. The molecule has 0 fully saturated rings. The molecule has 2 heterocycles. The maximum absolute atomic E-state index is 4.56. The van der Waals surface area contributed by atoms with Crippen molar-refractivity contribution in [2.45, 2.75) is 0 Å². The monoisotopic (exact) mass is 766 g/mol. The minimum absolute atomic E-state index is 0.999. The summed E-state index contributed by atoms with van der Waals surface area (Å²) in [4.78, 5) is 13.8. The Morgan fingerprint density at radius 2 is 0.767 bits per heavy atom. The van der Waals surface area contributed by atoms with E-state index in [4.69, 9.17) is 0 Å². The Bertz CT molecular complexity index is 3290. The fraction of sp³-hybridized carbons (Fsp3) is 0. The molecule has 4 heteroatoms. The van der Waals surface area contributed by atoms with Crippen molar-refractivity contribution in [3.63, 3.8) is 0 Å². The SMILES string of the molecule is c1ccc(-c2ccccc2N(c2cccnc2)c2ccc3c(ccc4c5ccc(N(c6cccnc6)c6ccccc6-c6ccccc6)cc5c5ccccc5c34)c2)cc1. The number of benzene rings is 9. The molecule has 0 saturated carbocycles. The Morgan fingerprint density at radius 1 is 0.300 bits per heavy atom. The normalized spacial score (nSPS) is 11.3. The fourth-order valence-electron chi connectivity index (χ4n) is 8.92. The van der Waals surface area contributed by atoms with Crippen LogP contribution in [0.1, 0.15) is 0 Å². The standard InChI is InChI=1S/C56H38N4/c1-3-15-39(16-4-1)46-21-9-11-25-54(46)59(44-19-13-33-57-37-44)42-28-31-48-41(35-42)27-30-52-50-32-29-43(36-53(50)49-23-7-8-24-51(49)56(48)52)60(45-20-14-34-58-38-45)55-26-12-10-22-47(55)40-17-5-2-6-18-40/h1-38H. The summed E-state index contributed by atoms with van der Waals surface area (Å²) in [6.07, 6.45) is 7.55. The van der Waals surface area contributed by atoms with Gasteiger partial charge >= 0.3 is 0 Å². The average Bonchev–Trinajstić information content (AvgIpc) is 3.33. The first-order valence-electron chi connectivity index (χ1n) is 20.3. The van der Waals surface area contributed by atoms with Gasteiger partial charge in [-0.15, -0.1) is 0 Å². The van der Waals surface area contributed by atoms with Gasteiger partial charge in [0.05, 0.1) is 35.1 Å². The van der Waals surface area contributed by atoms with Crippen molar-refractivity contribution in [3.05, 3.63) is 231 Å². The predicted molar refractivity (Wildman–Crippen MR) is 252 cm³/mol. The highest BCUT2D eigenvalue weighted by Crippen LogP contribution is 2.46. The van der Waals surface area contributed by atoms with E-state index in [-0.39, 0.29) is 0 Å². The van der Waals surface area contributed by atoms with Gasteiger partial charge < -0.3 is 9.80 Å². The van der Waals surface area contributed by atoms with Gasteiger partial charge in [0.25, 0.3) is 0 Å². The van der Waals surface area contributed by atoms with E-state index in [1.54, 1.807) is 0 Å². The number of nitrogens with zero attached hydrogens (tertiary/aromatic N) is 4. The molecule has 2 aromatic heterocycles. The lowest BCUT2D eigenvalue weighted by molar-refractivity contribution is 1.23. The first kappa shape index (κ1) is 35.1. The molecular formula is C56H38N4. The van der Waals surface area contributed by atoms with Crippen LogP contribution in [0.2, 0.25) is 0 Å². The molecular weight excluding hydrogens is 729 g/mol. The van der Waals surface area contributed by atoms with Gasteiger partial charge in [-0.1, -0.05) is 146 Å². The van der Waals surface area contributed by atoms with Crippen molar-refractivity contribution in [1.29, 1.82) is 0 Å². The van der Waals surface area contributed by atoms with Gasteiger partial charge in [0.1, 0.15) is 0 Å². The number of rotatable bonds is 8. The molecule has 0 unspecified atom stereocenters. The van der Waals surface area contributed by atoms with Crippen molar-refractivity contribution in [3.8, 4) is 22.3 Å². The molecule has 0 N–H and O–H groups in total. The number of pyridine rings is 2. The second-order valence-corrected chi connectivity index (χ2v) is 15.0. The molecule has 0 amide bonds. The van der Waals surface area contributed by atoms with E-state index in [1.807, 2.05) is 36.9 Å². The fourth-order valence-corrected chi connectivity index (χ4v) is 8.92. The molecule has 11 aromatic rings. The maximum Gasteiger partial charge on any atom is 0.0645 e. The Hall–Kier alpha value is -8.08. The Morgan fingerprint density at radius 3 is 1.35 bits per heavy atom. The molecule has 60 heavy (non-hydrogen) atoms. The third-order valence-corrected chi connectivity index (χ3v) is 11.6. The molecule has 0 radical (unpaired) electrons. The second kappa shape index (κ2) is 15.0. The van der Waals surface area contributed by atoms with Crippen LogP contribution in [0.25, 0.3) is 65.3 Å². The molecule has 9 aromatic carbocycles. The largest absolute Gasteiger partial charge is 0.308 e. The summed E-state index contributed by atoms with van der Waals surface area (Å²) in [7, 11) is 0. The lowest BCUT2D eigenvalue weighted by atomic mass is 9.90. The molecule has 4 nitrogen and oxygen atoms in total. The summed E-state index contributed by atoms with van der Waals surface area (Å²) >= 11 is 0. The number of aromatic nitrogens is 2. The number of anilines is 6. The van der Waals surface area contributed by atoms with Crippen LogP contribution in [0.15, 0.2) is 231 Å². The van der Waals surface area contributed by atoms with Crippen LogP contribution in [0.4, 0.5) is 34.1 Å². The highest BCUT2D eigenvalue weighted by Gasteiger charge is 2.21. The highest BCUT2D eigenvalue weighted by molar-refractivity contribution is 6.32. The minimum atomic E-state index is 0.999. The van der Waals surface area contributed by atoms with Gasteiger partial charge in [0, 0.05) is 34.9 Å². The average molecular weight is 767 g/mol. The molecule has 0 aliphatic rings. The summed E-state index contributed by atoms with van der Waals surface area (Å²) in [6.45, 7) is 0. The van der Waals surface area contributed by atoms with Crippen LogP contribution in [0.3, 0.4) is 0 Å². The summed E-state index contributed by atoms with van der Waals surface area (Å²) in [5.74, 6) is 0. The summed E-state index contributed by atoms with van der Waals surface area (Å²) in [5.41, 5.74) is 11.0. The molecule has 282 valence electrons. The van der Waals surface area contributed by atoms with E-state index >= 15 is 0 Å². The van der Waals surface area contributed by atoms with Crippen molar-refractivity contribution in [2.75, 3.05) is 9.80 Å². The third-order valence-electron chi connectivity index (χ3n) is 11.6. The van der Waals surface area contributed by atoms with E-state index in [0.717, 1.165) is 45.3 Å². The molecule has 0 aliphatic heterocycles. The minimum Gasteiger partial charge on any atom is -0.308 e. The summed E-state index contributed by atoms with van der Waals surface area (Å²) in [6, 6.07) is 74.0. The zero-order valence-corrected chi connectivity index (χ0v) is 32.7. The smallest absolute Gasteiger partial charge is 0.0645 e. The van der Waals surface area contributed by atoms with Crippen LogP contribution >= 0.6 is 0 Å². The highest BCUT2D eigenvalue weighted by atomic mass is 15.2. The van der Waals surface area contributed by atoms with E-state index in [0.29, 0.717) is 0 Å². The van der Waals surface area contributed by atoms with Crippen molar-refractivity contribution < 1.29 is 0 Å². The molecule has 0 spiro atoms. The third kappa shape index (κ3) is 6.10. The summed E-state index contributed by atoms with van der Waals surface area (Å²) < 4.78 is 0. The molecule has 11 rings (SSSR count). The van der Waals surface area contributed by atoms with Crippen LogP contribution in [0.5, 0.6) is 0 Å². The van der Waals surface area contributed by atoms with Gasteiger partial charge in [-0.05, 0) is 115 Å². The Kier molecular flexibility index (Phi) is 8.79. The van der Waals surface area contributed by atoms with Gasteiger partial charge in [-0.2, -0.15) is 0 Å². The van der Waals surface area contributed by atoms with Crippen molar-refractivity contribution >= 4 is 77.2 Å². The van der Waals surface area contributed by atoms with Gasteiger partial charge in [0.2, 0.25) is 0 Å². The predicted octanol–water partition coefficient (Wildman–Crippen LogP) is 15.4. The molecule has 0 bridgehead atoms. The summed E-state index contributed by atoms with van der Waals surface area (Å²) in [5, 5.41) is 9.74. The van der Waals surface area contributed by atoms with Crippen LogP contribution in [0, 0.1) is 0 Å². The second-order valence-electron chi connectivity index (χ2n) is 15.0.